The second-order valence-electron chi connectivity index (χ2n) is 2.94. The van der Waals surface area contributed by atoms with E-state index in [2.05, 4.69) is 0 Å². The summed E-state index contributed by atoms with van der Waals surface area (Å²) in [6, 6.07) is 9.74. The third kappa shape index (κ3) is 2.22. The lowest BCUT2D eigenvalue weighted by Crippen LogP contribution is -1.89. The Balaban J connectivity index is 2.42. The van der Waals surface area contributed by atoms with Gasteiger partial charge in [0, 0.05) is 16.2 Å². The van der Waals surface area contributed by atoms with Crippen molar-refractivity contribution in [1.82, 2.24) is 0 Å². The fourth-order valence-electron chi connectivity index (χ4n) is 1.22. The number of hydrogen-bond donors (Lipinski definition) is 0. The zero-order valence-corrected chi connectivity index (χ0v) is 9.12. The summed E-state index contributed by atoms with van der Waals surface area (Å²) in [5.74, 6) is 0.688. The molecule has 78 valence electrons. The van der Waals surface area contributed by atoms with Crippen molar-refractivity contribution in [2.45, 2.75) is 4.90 Å². The molecule has 0 amide bonds. The predicted octanol–water partition coefficient (Wildman–Crippen LogP) is 2.87. The Morgan fingerprint density at radius 2 is 1.73 bits per heavy atom. The molecule has 0 spiro atoms. The minimum atomic E-state index is -3.65. The SMILES string of the molecule is O=S(=O)(Cl)c1ccc(-c2ccco2)cc1. The first-order chi connectivity index (χ1) is 7.07. The van der Waals surface area contributed by atoms with Crippen LogP contribution in [0, 0.1) is 0 Å². The van der Waals surface area contributed by atoms with Crippen molar-refractivity contribution < 1.29 is 12.8 Å². The smallest absolute Gasteiger partial charge is 0.261 e. The van der Waals surface area contributed by atoms with Crippen LogP contribution in [0.4, 0.5) is 0 Å². The summed E-state index contributed by atoms with van der Waals surface area (Å²) < 4.78 is 27.1. The van der Waals surface area contributed by atoms with E-state index in [1.807, 2.05) is 0 Å². The van der Waals surface area contributed by atoms with E-state index in [1.54, 1.807) is 30.5 Å². The summed E-state index contributed by atoms with van der Waals surface area (Å²) in [6.07, 6.45) is 1.56. The van der Waals surface area contributed by atoms with Gasteiger partial charge in [-0.15, -0.1) is 0 Å². The summed E-state index contributed by atoms with van der Waals surface area (Å²) in [6.45, 7) is 0. The van der Waals surface area contributed by atoms with Gasteiger partial charge in [-0.2, -0.15) is 0 Å². The van der Waals surface area contributed by atoms with Crippen molar-refractivity contribution in [2.75, 3.05) is 0 Å². The van der Waals surface area contributed by atoms with Crippen molar-refractivity contribution in [3.8, 4) is 11.3 Å². The number of hydrogen-bond acceptors (Lipinski definition) is 3. The fraction of sp³-hybridized carbons (Fsp3) is 0. The molecule has 0 N–H and O–H groups in total. The third-order valence-electron chi connectivity index (χ3n) is 1.94. The third-order valence-corrected chi connectivity index (χ3v) is 3.31. The molecule has 0 bridgehead atoms. The molecule has 3 nitrogen and oxygen atoms in total. The zero-order valence-electron chi connectivity index (χ0n) is 7.55. The zero-order chi connectivity index (χ0) is 10.9. The van der Waals surface area contributed by atoms with Gasteiger partial charge in [-0.05, 0) is 36.4 Å². The summed E-state index contributed by atoms with van der Waals surface area (Å²) in [7, 11) is 1.54. The average molecular weight is 243 g/mol. The maximum Gasteiger partial charge on any atom is 0.261 e. The van der Waals surface area contributed by atoms with Crippen LogP contribution in [-0.4, -0.2) is 8.42 Å². The lowest BCUT2D eigenvalue weighted by molar-refractivity contribution is 0.582. The van der Waals surface area contributed by atoms with E-state index in [4.69, 9.17) is 15.1 Å². The van der Waals surface area contributed by atoms with E-state index < -0.39 is 9.05 Å². The van der Waals surface area contributed by atoms with Crippen molar-refractivity contribution >= 4 is 19.7 Å². The molecule has 5 heteroatoms. The average Bonchev–Trinajstić information content (AvgIpc) is 2.69. The van der Waals surface area contributed by atoms with Gasteiger partial charge in [0.15, 0.2) is 0 Å². The van der Waals surface area contributed by atoms with Crippen LogP contribution in [0.1, 0.15) is 0 Å². The minimum absolute atomic E-state index is 0.0828. The molecule has 2 rings (SSSR count). The highest BCUT2D eigenvalue weighted by molar-refractivity contribution is 8.13. The van der Waals surface area contributed by atoms with Crippen LogP contribution in [0.5, 0.6) is 0 Å². The molecule has 0 aliphatic carbocycles. The van der Waals surface area contributed by atoms with E-state index in [9.17, 15) is 8.42 Å². The molecule has 1 aromatic heterocycles. The van der Waals surface area contributed by atoms with E-state index in [0.29, 0.717) is 5.76 Å². The summed E-state index contributed by atoms with van der Waals surface area (Å²) in [5.41, 5.74) is 0.809. The molecule has 0 radical (unpaired) electrons. The lowest BCUT2D eigenvalue weighted by Gasteiger charge is -1.98. The van der Waals surface area contributed by atoms with Crippen molar-refractivity contribution in [3.05, 3.63) is 42.7 Å². The Morgan fingerprint density at radius 3 is 2.20 bits per heavy atom. The summed E-state index contributed by atoms with van der Waals surface area (Å²) in [4.78, 5) is 0.0828. The number of furan rings is 1. The van der Waals surface area contributed by atoms with E-state index in [0.717, 1.165) is 5.56 Å². The first kappa shape index (κ1) is 10.3. The van der Waals surface area contributed by atoms with Crippen LogP contribution in [0.3, 0.4) is 0 Å². The van der Waals surface area contributed by atoms with Gasteiger partial charge >= 0.3 is 0 Å². The second-order valence-corrected chi connectivity index (χ2v) is 5.51. The predicted molar refractivity (Wildman–Crippen MR) is 57.2 cm³/mol. The highest BCUT2D eigenvalue weighted by atomic mass is 35.7. The van der Waals surface area contributed by atoms with Gasteiger partial charge in [0.05, 0.1) is 11.2 Å². The topological polar surface area (TPSA) is 47.3 Å². The van der Waals surface area contributed by atoms with Gasteiger partial charge in [-0.1, -0.05) is 0 Å². The fourth-order valence-corrected chi connectivity index (χ4v) is 1.99. The molecule has 0 aliphatic rings. The van der Waals surface area contributed by atoms with Crippen LogP contribution >= 0.6 is 10.7 Å². The largest absolute Gasteiger partial charge is 0.464 e. The molecule has 0 fully saturated rings. The first-order valence-electron chi connectivity index (χ1n) is 4.16. The van der Waals surface area contributed by atoms with E-state index in [1.165, 1.54) is 12.1 Å². The Kier molecular flexibility index (Phi) is 2.54. The molecule has 0 saturated carbocycles. The summed E-state index contributed by atoms with van der Waals surface area (Å²) >= 11 is 0. The molecular weight excluding hydrogens is 236 g/mol. The Hall–Kier alpha value is -1.26. The van der Waals surface area contributed by atoms with Crippen LogP contribution in [0.2, 0.25) is 0 Å². The lowest BCUT2D eigenvalue weighted by atomic mass is 10.2. The van der Waals surface area contributed by atoms with Crippen LogP contribution in [-0.2, 0) is 9.05 Å². The molecule has 0 saturated heterocycles. The van der Waals surface area contributed by atoms with Gasteiger partial charge < -0.3 is 4.42 Å². The van der Waals surface area contributed by atoms with Gasteiger partial charge in [-0.3, -0.25) is 0 Å². The minimum Gasteiger partial charge on any atom is -0.464 e. The Labute approximate surface area is 91.7 Å². The quantitative estimate of drug-likeness (QED) is 0.761. The number of rotatable bonds is 2. The highest BCUT2D eigenvalue weighted by Crippen LogP contribution is 2.22. The molecule has 1 aromatic carbocycles. The molecule has 2 aromatic rings. The van der Waals surface area contributed by atoms with E-state index in [-0.39, 0.29) is 4.90 Å². The monoisotopic (exact) mass is 242 g/mol. The molecule has 0 aliphatic heterocycles. The van der Waals surface area contributed by atoms with Crippen LogP contribution < -0.4 is 0 Å². The van der Waals surface area contributed by atoms with Crippen LogP contribution in [0.15, 0.2) is 52.0 Å². The maximum absolute atomic E-state index is 11.0. The Bertz CT molecular complexity index is 541. The van der Waals surface area contributed by atoms with Crippen LogP contribution in [0.25, 0.3) is 11.3 Å². The number of halogens is 1. The van der Waals surface area contributed by atoms with Crippen molar-refractivity contribution in [1.29, 1.82) is 0 Å². The highest BCUT2D eigenvalue weighted by Gasteiger charge is 2.09. The molecule has 0 unspecified atom stereocenters. The molecule has 1 heterocycles. The summed E-state index contributed by atoms with van der Waals surface area (Å²) in [5, 5.41) is 0. The normalized spacial score (nSPS) is 11.5. The Morgan fingerprint density at radius 1 is 1.07 bits per heavy atom. The van der Waals surface area contributed by atoms with Gasteiger partial charge in [0.25, 0.3) is 9.05 Å². The molecule has 0 atom stereocenters. The standard InChI is InChI=1S/C10H7ClO3S/c11-15(12,13)9-5-3-8(4-6-9)10-2-1-7-14-10/h1-7H. The van der Waals surface area contributed by atoms with Gasteiger partial charge in [0.1, 0.15) is 5.76 Å². The van der Waals surface area contributed by atoms with Gasteiger partial charge in [-0.25, -0.2) is 8.42 Å². The maximum atomic E-state index is 11.0. The first-order valence-corrected chi connectivity index (χ1v) is 6.47. The van der Waals surface area contributed by atoms with E-state index >= 15 is 0 Å². The van der Waals surface area contributed by atoms with Crippen molar-refractivity contribution in [2.24, 2.45) is 0 Å². The van der Waals surface area contributed by atoms with Crippen molar-refractivity contribution in [3.63, 3.8) is 0 Å². The second kappa shape index (κ2) is 3.72. The molecular formula is C10H7ClO3S. The molecule has 15 heavy (non-hydrogen) atoms. The number of benzene rings is 1. The van der Waals surface area contributed by atoms with Gasteiger partial charge in [0.2, 0.25) is 0 Å².